The topological polar surface area (TPSA) is 106 Å². The second-order valence-electron chi connectivity index (χ2n) is 5.28. The number of nitrogens with zero attached hydrogens (tertiary/aromatic N) is 2. The highest BCUT2D eigenvalue weighted by molar-refractivity contribution is 5.97. The van der Waals surface area contributed by atoms with E-state index in [-0.39, 0.29) is 23.7 Å². The number of nitro benzene ring substituents is 1. The Balaban J connectivity index is 1.98. The van der Waals surface area contributed by atoms with E-state index in [2.05, 4.69) is 5.32 Å². The third kappa shape index (κ3) is 4.19. The van der Waals surface area contributed by atoms with Crippen LogP contribution in [-0.4, -0.2) is 34.7 Å². The zero-order valence-corrected chi connectivity index (χ0v) is 13.3. The Hall–Kier alpha value is -3.16. The molecule has 2 aromatic rings. The minimum absolute atomic E-state index is 0.123. The van der Waals surface area contributed by atoms with Crippen molar-refractivity contribution in [3.63, 3.8) is 0 Å². The summed E-state index contributed by atoms with van der Waals surface area (Å²) in [5.41, 5.74) is -0.0610. The Bertz CT molecular complexity index is 742. The zero-order chi connectivity index (χ0) is 17.7. The molecule has 0 spiro atoms. The van der Waals surface area contributed by atoms with Crippen molar-refractivity contribution in [1.29, 1.82) is 0 Å². The van der Waals surface area contributed by atoms with Gasteiger partial charge in [0.15, 0.2) is 0 Å². The summed E-state index contributed by atoms with van der Waals surface area (Å²) in [6, 6.07) is 8.02. The van der Waals surface area contributed by atoms with Gasteiger partial charge < -0.3 is 14.6 Å². The zero-order valence-electron chi connectivity index (χ0n) is 13.3. The molecule has 1 N–H and O–H groups in total. The molecule has 8 heteroatoms. The van der Waals surface area contributed by atoms with Gasteiger partial charge >= 0.3 is 0 Å². The average molecular weight is 331 g/mol. The van der Waals surface area contributed by atoms with Gasteiger partial charge in [0.25, 0.3) is 11.6 Å². The maximum atomic E-state index is 12.3. The summed E-state index contributed by atoms with van der Waals surface area (Å²) in [7, 11) is 1.60. The summed E-state index contributed by atoms with van der Waals surface area (Å²) in [5.74, 6) is -0.223. The van der Waals surface area contributed by atoms with Crippen LogP contribution in [0.5, 0.6) is 0 Å². The van der Waals surface area contributed by atoms with Crippen molar-refractivity contribution in [3.8, 4) is 0 Å². The molecule has 0 saturated carbocycles. The Morgan fingerprint density at radius 2 is 2.08 bits per heavy atom. The Labute approximate surface area is 138 Å². The van der Waals surface area contributed by atoms with E-state index in [1.165, 1.54) is 35.4 Å². The number of carbonyl (C=O) groups is 2. The highest BCUT2D eigenvalue weighted by Gasteiger charge is 2.21. The first-order valence-electron chi connectivity index (χ1n) is 7.21. The highest BCUT2D eigenvalue weighted by Crippen LogP contribution is 2.13. The van der Waals surface area contributed by atoms with E-state index in [0.717, 1.165) is 0 Å². The van der Waals surface area contributed by atoms with E-state index in [9.17, 15) is 19.7 Å². The van der Waals surface area contributed by atoms with Gasteiger partial charge in [0.05, 0.1) is 17.7 Å². The molecule has 0 aliphatic rings. The van der Waals surface area contributed by atoms with E-state index >= 15 is 0 Å². The van der Waals surface area contributed by atoms with Crippen molar-refractivity contribution >= 4 is 17.5 Å². The molecule has 24 heavy (non-hydrogen) atoms. The van der Waals surface area contributed by atoms with Gasteiger partial charge in [-0.25, -0.2) is 0 Å². The number of furan rings is 1. The maximum Gasteiger partial charge on any atom is 0.270 e. The average Bonchev–Trinajstić information content (AvgIpc) is 3.06. The number of hydrogen-bond donors (Lipinski definition) is 1. The van der Waals surface area contributed by atoms with Crippen LogP contribution >= 0.6 is 0 Å². The van der Waals surface area contributed by atoms with Gasteiger partial charge in [-0.3, -0.25) is 19.7 Å². The normalized spacial score (nSPS) is 11.6. The number of rotatable bonds is 6. The van der Waals surface area contributed by atoms with Crippen molar-refractivity contribution in [2.75, 3.05) is 7.05 Å². The van der Waals surface area contributed by atoms with Gasteiger partial charge in [-0.2, -0.15) is 0 Å². The van der Waals surface area contributed by atoms with Gasteiger partial charge in [0.1, 0.15) is 11.8 Å². The molecule has 8 nitrogen and oxygen atoms in total. The maximum absolute atomic E-state index is 12.3. The van der Waals surface area contributed by atoms with Crippen LogP contribution in [0, 0.1) is 10.1 Å². The van der Waals surface area contributed by atoms with Gasteiger partial charge in [-0.05, 0) is 25.1 Å². The Kier molecular flexibility index (Phi) is 5.31. The minimum Gasteiger partial charge on any atom is -0.467 e. The fourth-order valence-electron chi connectivity index (χ4n) is 2.15. The molecule has 126 valence electrons. The van der Waals surface area contributed by atoms with Crippen LogP contribution < -0.4 is 5.32 Å². The quantitative estimate of drug-likeness (QED) is 0.643. The second-order valence-corrected chi connectivity index (χ2v) is 5.28. The molecule has 2 rings (SSSR count). The van der Waals surface area contributed by atoms with Crippen LogP contribution in [0.4, 0.5) is 5.69 Å². The standard InChI is InChI=1S/C16H17N3O5/c1-11(16(21)18(2)10-14-7-4-8-24-14)17-15(20)12-5-3-6-13(9-12)19(22)23/h3-9,11H,10H2,1-2H3,(H,17,20). The van der Waals surface area contributed by atoms with Crippen LogP contribution in [0.3, 0.4) is 0 Å². The molecule has 0 aliphatic heterocycles. The first kappa shape index (κ1) is 17.2. The molecule has 1 aromatic carbocycles. The smallest absolute Gasteiger partial charge is 0.270 e. The van der Waals surface area contributed by atoms with E-state index in [1.54, 1.807) is 26.1 Å². The van der Waals surface area contributed by atoms with Crippen LogP contribution in [0.1, 0.15) is 23.0 Å². The molecule has 1 heterocycles. The number of amides is 2. The molecule has 1 unspecified atom stereocenters. The lowest BCUT2D eigenvalue weighted by Gasteiger charge is -2.21. The summed E-state index contributed by atoms with van der Waals surface area (Å²) < 4.78 is 5.17. The molecular formula is C16H17N3O5. The van der Waals surface area contributed by atoms with Gasteiger partial charge in [-0.15, -0.1) is 0 Å². The minimum atomic E-state index is -0.781. The number of nitro groups is 1. The van der Waals surface area contributed by atoms with Crippen molar-refractivity contribution < 1.29 is 18.9 Å². The predicted octanol–water partition coefficient (Wildman–Crippen LogP) is 1.96. The number of benzene rings is 1. The second kappa shape index (κ2) is 7.40. The van der Waals surface area contributed by atoms with E-state index in [4.69, 9.17) is 4.42 Å². The number of nitrogens with one attached hydrogen (secondary N) is 1. The fourth-order valence-corrected chi connectivity index (χ4v) is 2.15. The van der Waals surface area contributed by atoms with Crippen LogP contribution in [0.25, 0.3) is 0 Å². The monoisotopic (exact) mass is 331 g/mol. The van der Waals surface area contributed by atoms with Crippen molar-refractivity contribution in [2.24, 2.45) is 0 Å². The first-order chi connectivity index (χ1) is 11.4. The first-order valence-corrected chi connectivity index (χ1v) is 7.21. The summed E-state index contributed by atoms with van der Waals surface area (Å²) in [4.78, 5) is 36.0. The molecule has 0 aliphatic carbocycles. The summed E-state index contributed by atoms with van der Waals surface area (Å²) in [6.07, 6.45) is 1.52. The third-order valence-corrected chi connectivity index (χ3v) is 3.39. The number of carbonyl (C=O) groups excluding carboxylic acids is 2. The van der Waals surface area contributed by atoms with Crippen LogP contribution in [0.2, 0.25) is 0 Å². The largest absolute Gasteiger partial charge is 0.467 e. The summed E-state index contributed by atoms with van der Waals surface area (Å²) in [5, 5.41) is 13.3. The van der Waals surface area contributed by atoms with E-state index in [0.29, 0.717) is 5.76 Å². The molecular weight excluding hydrogens is 314 g/mol. The number of non-ortho nitro benzene ring substituents is 1. The highest BCUT2D eigenvalue weighted by atomic mass is 16.6. The Morgan fingerprint density at radius 3 is 2.71 bits per heavy atom. The van der Waals surface area contributed by atoms with E-state index in [1.807, 2.05) is 0 Å². The molecule has 2 amide bonds. The fraction of sp³-hybridized carbons (Fsp3) is 0.250. The molecule has 0 bridgehead atoms. The number of likely N-dealkylation sites (N-methyl/N-ethyl adjacent to an activating group) is 1. The third-order valence-electron chi connectivity index (χ3n) is 3.39. The van der Waals surface area contributed by atoms with Crippen LogP contribution in [0.15, 0.2) is 47.1 Å². The molecule has 1 atom stereocenters. The summed E-state index contributed by atoms with van der Waals surface area (Å²) in [6.45, 7) is 1.83. The van der Waals surface area contributed by atoms with Gasteiger partial charge in [-0.1, -0.05) is 6.07 Å². The lowest BCUT2D eigenvalue weighted by molar-refractivity contribution is -0.384. The lowest BCUT2D eigenvalue weighted by atomic mass is 10.1. The molecule has 0 radical (unpaired) electrons. The lowest BCUT2D eigenvalue weighted by Crippen LogP contribution is -2.45. The van der Waals surface area contributed by atoms with Gasteiger partial charge in [0, 0.05) is 24.7 Å². The molecule has 0 saturated heterocycles. The van der Waals surface area contributed by atoms with Crippen molar-refractivity contribution in [2.45, 2.75) is 19.5 Å². The molecule has 1 aromatic heterocycles. The number of hydrogen-bond acceptors (Lipinski definition) is 5. The Morgan fingerprint density at radius 1 is 1.33 bits per heavy atom. The molecule has 0 fully saturated rings. The predicted molar refractivity (Wildman–Crippen MR) is 85.2 cm³/mol. The van der Waals surface area contributed by atoms with Gasteiger partial charge in [0.2, 0.25) is 5.91 Å². The van der Waals surface area contributed by atoms with Crippen molar-refractivity contribution in [1.82, 2.24) is 10.2 Å². The van der Waals surface area contributed by atoms with Crippen molar-refractivity contribution in [3.05, 3.63) is 64.1 Å². The van der Waals surface area contributed by atoms with Crippen LogP contribution in [-0.2, 0) is 11.3 Å². The van der Waals surface area contributed by atoms with E-state index < -0.39 is 16.9 Å². The summed E-state index contributed by atoms with van der Waals surface area (Å²) >= 11 is 0. The SMILES string of the molecule is CC(NC(=O)c1cccc([N+](=O)[O-])c1)C(=O)N(C)Cc1ccco1.